The number of rotatable bonds is 39. The molecule has 0 bridgehead atoms. The number of allylic oxidation sites excluding steroid dienone is 6. The summed E-state index contributed by atoms with van der Waals surface area (Å²) in [6.45, 7) is 2.71. The van der Waals surface area contributed by atoms with Crippen LogP contribution in [0.5, 0.6) is 0 Å². The second-order valence-electron chi connectivity index (χ2n) is 14.0. The number of nitrogens with one attached hydrogen (secondary N) is 1. The van der Waals surface area contributed by atoms with E-state index >= 15 is 0 Å². The Morgan fingerprint density at radius 3 is 1.58 bits per heavy atom. The second-order valence-corrected chi connectivity index (χ2v) is 15.2. The first-order chi connectivity index (χ1) is 25.7. The van der Waals surface area contributed by atoms with Crippen LogP contribution in [0, 0.1) is 0 Å². The van der Waals surface area contributed by atoms with Crippen molar-refractivity contribution < 1.29 is 48.5 Å². The quantitative estimate of drug-likeness (QED) is 0.00765. The summed E-state index contributed by atoms with van der Waals surface area (Å²) in [6.07, 6.45) is 37.1. The molecular formula is C41H76NO10P. The standard InChI is InChI=1S/C41H76NO10P/c1-3-5-7-9-11-13-15-17-19-21-23-25-27-29-31-33-38(44)41(39(37-43)52-46,42-35-36-50-53(47,48)49)51-40(45)34-32-30-28-26-24-22-20-18-16-14-12-10-8-6-4-2/h11,13,17-20,39,42-43,46H,3-10,12,14-16,21-37H2,1-2H3,(H2,47,48,49)/t39-,41?/m0/s1. The van der Waals surface area contributed by atoms with Gasteiger partial charge in [0.25, 0.3) is 5.72 Å². The van der Waals surface area contributed by atoms with E-state index in [1.54, 1.807) is 0 Å². The van der Waals surface area contributed by atoms with Gasteiger partial charge in [0.1, 0.15) is 0 Å². The van der Waals surface area contributed by atoms with Crippen LogP contribution in [0.25, 0.3) is 0 Å². The summed E-state index contributed by atoms with van der Waals surface area (Å²) in [6, 6.07) is 0. The van der Waals surface area contributed by atoms with Crippen LogP contribution in [0.4, 0.5) is 0 Å². The molecule has 5 N–H and O–H groups in total. The summed E-state index contributed by atoms with van der Waals surface area (Å²) in [5.41, 5.74) is -2.27. The zero-order valence-electron chi connectivity index (χ0n) is 33.2. The number of Topliss-reactive ketones (excluding diaryl/α,β-unsaturated/α-hetero) is 1. The average Bonchev–Trinajstić information content (AvgIpc) is 3.13. The maximum atomic E-state index is 13.6. The normalized spacial score (nSPS) is 14.1. The Kier molecular flexibility index (Phi) is 34.8. The fourth-order valence-corrected chi connectivity index (χ4v) is 6.37. The molecule has 0 aliphatic rings. The minimum Gasteiger partial charge on any atom is -0.433 e. The van der Waals surface area contributed by atoms with E-state index < -0.39 is 44.6 Å². The maximum absolute atomic E-state index is 13.6. The van der Waals surface area contributed by atoms with Crippen molar-refractivity contribution in [2.45, 2.75) is 193 Å². The zero-order chi connectivity index (χ0) is 39.3. The first-order valence-corrected chi connectivity index (χ1v) is 22.3. The number of ether oxygens (including phenoxy) is 1. The highest BCUT2D eigenvalue weighted by Gasteiger charge is 2.50. The number of aliphatic hydroxyl groups excluding tert-OH is 1. The summed E-state index contributed by atoms with van der Waals surface area (Å²) in [5.74, 6) is -1.33. The molecule has 0 aliphatic carbocycles. The van der Waals surface area contributed by atoms with Crippen LogP contribution in [-0.2, 0) is 28.3 Å². The van der Waals surface area contributed by atoms with Crippen molar-refractivity contribution in [3.63, 3.8) is 0 Å². The number of phosphoric ester groups is 1. The van der Waals surface area contributed by atoms with E-state index in [1.807, 2.05) is 0 Å². The van der Waals surface area contributed by atoms with E-state index in [4.69, 9.17) is 14.5 Å². The van der Waals surface area contributed by atoms with E-state index in [1.165, 1.54) is 57.8 Å². The highest BCUT2D eigenvalue weighted by molar-refractivity contribution is 7.46. The number of phosphoric acid groups is 1. The molecule has 12 heteroatoms. The molecule has 0 fully saturated rings. The fraction of sp³-hybridized carbons (Fsp3) is 0.805. The Hall–Kier alpha value is -1.69. The molecule has 0 aromatic carbocycles. The van der Waals surface area contributed by atoms with Gasteiger partial charge in [0.05, 0.1) is 13.2 Å². The highest BCUT2D eigenvalue weighted by Crippen LogP contribution is 2.35. The SMILES string of the molecule is CCCCCC=CCC=CCCCCCCCC(=O)C(NCCOP(=O)(O)O)(OC(=O)CCCCCCCC=CCCCCCCCC)[C@H](CO)OO. The van der Waals surface area contributed by atoms with Crippen molar-refractivity contribution in [2.24, 2.45) is 0 Å². The number of hydrogen-bond donors (Lipinski definition) is 5. The van der Waals surface area contributed by atoms with E-state index in [-0.39, 0.29) is 19.4 Å². The molecule has 2 atom stereocenters. The van der Waals surface area contributed by atoms with Crippen LogP contribution in [0.15, 0.2) is 36.5 Å². The van der Waals surface area contributed by atoms with Crippen LogP contribution in [-0.4, -0.2) is 63.5 Å². The summed E-state index contributed by atoms with van der Waals surface area (Å²) >= 11 is 0. The molecule has 0 saturated heterocycles. The fourth-order valence-electron chi connectivity index (χ4n) is 6.04. The number of ketones is 1. The predicted molar refractivity (Wildman–Crippen MR) is 213 cm³/mol. The Labute approximate surface area is 321 Å². The van der Waals surface area contributed by atoms with Gasteiger partial charge in [-0.1, -0.05) is 134 Å². The van der Waals surface area contributed by atoms with Gasteiger partial charge in [0, 0.05) is 19.4 Å². The molecule has 0 aliphatic heterocycles. The molecule has 0 spiro atoms. The number of hydrogen-bond acceptors (Lipinski definition) is 9. The molecule has 0 aromatic heterocycles. The van der Waals surface area contributed by atoms with Gasteiger partial charge in [-0.25, -0.2) is 9.45 Å². The second kappa shape index (κ2) is 36.0. The first-order valence-electron chi connectivity index (χ1n) is 20.7. The van der Waals surface area contributed by atoms with Crippen molar-refractivity contribution in [3.05, 3.63) is 36.5 Å². The van der Waals surface area contributed by atoms with Crippen LogP contribution in [0.1, 0.15) is 181 Å². The van der Waals surface area contributed by atoms with Crippen molar-refractivity contribution in [1.29, 1.82) is 0 Å². The van der Waals surface area contributed by atoms with Gasteiger partial charge in [-0.15, -0.1) is 0 Å². The molecule has 310 valence electrons. The van der Waals surface area contributed by atoms with E-state index in [2.05, 4.69) is 65.0 Å². The summed E-state index contributed by atoms with van der Waals surface area (Å²) in [7, 11) is -4.80. The average molecular weight is 774 g/mol. The lowest BCUT2D eigenvalue weighted by Crippen LogP contribution is -2.65. The Morgan fingerprint density at radius 2 is 1.09 bits per heavy atom. The third-order valence-electron chi connectivity index (χ3n) is 9.18. The maximum Gasteiger partial charge on any atom is 0.469 e. The van der Waals surface area contributed by atoms with Gasteiger partial charge in [0.15, 0.2) is 11.9 Å². The molecule has 11 nitrogen and oxygen atoms in total. The van der Waals surface area contributed by atoms with Gasteiger partial charge >= 0.3 is 13.8 Å². The van der Waals surface area contributed by atoms with Crippen molar-refractivity contribution in [3.8, 4) is 0 Å². The number of unbranched alkanes of at least 4 members (excludes halogenated alkanes) is 19. The molecular weight excluding hydrogens is 697 g/mol. The molecule has 0 rings (SSSR count). The molecule has 0 aromatic rings. The van der Waals surface area contributed by atoms with Crippen LogP contribution in [0.3, 0.4) is 0 Å². The zero-order valence-corrected chi connectivity index (χ0v) is 34.1. The molecule has 1 unspecified atom stereocenters. The third kappa shape index (κ3) is 30.2. The van der Waals surface area contributed by atoms with E-state index in [9.17, 15) is 24.5 Å². The molecule has 53 heavy (non-hydrogen) atoms. The highest BCUT2D eigenvalue weighted by atomic mass is 31.2. The van der Waals surface area contributed by atoms with Gasteiger partial charge in [0.2, 0.25) is 0 Å². The molecule has 0 heterocycles. The van der Waals surface area contributed by atoms with E-state index in [0.29, 0.717) is 12.8 Å². The van der Waals surface area contributed by atoms with Gasteiger partial charge in [-0.2, -0.15) is 0 Å². The number of aliphatic hydroxyl groups is 1. The Bertz CT molecular complexity index is 1010. The largest absolute Gasteiger partial charge is 0.469 e. The third-order valence-corrected chi connectivity index (χ3v) is 9.70. The Balaban J connectivity index is 4.83. The smallest absolute Gasteiger partial charge is 0.433 e. The van der Waals surface area contributed by atoms with Crippen molar-refractivity contribution in [1.82, 2.24) is 5.32 Å². The van der Waals surface area contributed by atoms with E-state index in [0.717, 1.165) is 83.5 Å². The Morgan fingerprint density at radius 1 is 0.660 bits per heavy atom. The topological polar surface area (TPSA) is 172 Å². The minimum absolute atomic E-state index is 0.0150. The van der Waals surface area contributed by atoms with Crippen LogP contribution < -0.4 is 5.32 Å². The number of carbonyl (C=O) groups excluding carboxylic acids is 2. The summed E-state index contributed by atoms with van der Waals surface area (Å²) < 4.78 is 21.3. The lowest BCUT2D eigenvalue weighted by Gasteiger charge is -2.37. The van der Waals surface area contributed by atoms with Crippen LogP contribution >= 0.6 is 7.82 Å². The predicted octanol–water partition coefficient (Wildman–Crippen LogP) is 10.2. The number of carbonyl (C=O) groups is 2. The van der Waals surface area contributed by atoms with Crippen molar-refractivity contribution in [2.75, 3.05) is 19.8 Å². The lowest BCUT2D eigenvalue weighted by molar-refractivity contribution is -0.321. The number of esters is 1. The van der Waals surface area contributed by atoms with Crippen LogP contribution in [0.2, 0.25) is 0 Å². The lowest BCUT2D eigenvalue weighted by atomic mass is 9.95. The summed E-state index contributed by atoms with van der Waals surface area (Å²) in [5, 5.41) is 22.3. The monoisotopic (exact) mass is 774 g/mol. The summed E-state index contributed by atoms with van der Waals surface area (Å²) in [4.78, 5) is 49.2. The molecule has 0 amide bonds. The van der Waals surface area contributed by atoms with Gasteiger partial charge in [-0.05, 0) is 70.6 Å². The van der Waals surface area contributed by atoms with Crippen molar-refractivity contribution >= 4 is 19.6 Å². The minimum atomic E-state index is -4.80. The molecule has 0 saturated carbocycles. The first kappa shape index (κ1) is 51.3. The molecule has 0 radical (unpaired) electrons. The van der Waals surface area contributed by atoms with Gasteiger partial charge < -0.3 is 19.6 Å². The van der Waals surface area contributed by atoms with Gasteiger partial charge in [-0.3, -0.25) is 24.7 Å².